The first-order valence-corrected chi connectivity index (χ1v) is 7.06. The second-order valence-corrected chi connectivity index (χ2v) is 5.49. The van der Waals surface area contributed by atoms with E-state index in [1.165, 1.54) is 0 Å². The molecule has 1 aliphatic rings. The highest BCUT2D eigenvalue weighted by Crippen LogP contribution is 2.40. The van der Waals surface area contributed by atoms with E-state index in [1.807, 2.05) is 30.3 Å². The quantitative estimate of drug-likeness (QED) is 0.796. The second-order valence-electron chi connectivity index (χ2n) is 5.49. The zero-order valence-corrected chi connectivity index (χ0v) is 12.2. The van der Waals surface area contributed by atoms with Crippen LogP contribution in [0.1, 0.15) is 24.0 Å². The molecule has 0 amide bonds. The molecule has 2 aromatic rings. The van der Waals surface area contributed by atoms with Gasteiger partial charge in [-0.25, -0.2) is 0 Å². The zero-order valence-electron chi connectivity index (χ0n) is 12.2. The van der Waals surface area contributed by atoms with Crippen molar-refractivity contribution in [3.8, 4) is 11.5 Å². The first-order chi connectivity index (χ1) is 10.7. The zero-order chi connectivity index (χ0) is 15.6. The molecule has 0 aromatic heterocycles. The molecule has 3 rings (SSSR count). The Morgan fingerprint density at radius 3 is 2.45 bits per heavy atom. The van der Waals surface area contributed by atoms with Crippen LogP contribution < -0.4 is 9.47 Å². The number of benzene rings is 2. The van der Waals surface area contributed by atoms with Gasteiger partial charge in [0.15, 0.2) is 11.5 Å². The van der Waals surface area contributed by atoms with Crippen molar-refractivity contribution in [2.45, 2.75) is 18.3 Å². The van der Waals surface area contributed by atoms with Gasteiger partial charge in [-0.1, -0.05) is 36.4 Å². The monoisotopic (exact) mass is 296 g/mol. The highest BCUT2D eigenvalue weighted by molar-refractivity contribution is 5.80. The van der Waals surface area contributed by atoms with E-state index in [2.05, 4.69) is 0 Å². The highest BCUT2D eigenvalue weighted by Gasteiger charge is 2.37. The Hall–Kier alpha value is -2.62. The fraction of sp³-hybridized carbons (Fsp3) is 0.222. The van der Waals surface area contributed by atoms with Gasteiger partial charge in [-0.3, -0.25) is 0 Å². The molecule has 2 unspecified atom stereocenters. The number of hydrogen-bond donors (Lipinski definition) is 0. The summed E-state index contributed by atoms with van der Waals surface area (Å²) < 4.78 is 10.6. The molecule has 0 bridgehead atoms. The van der Waals surface area contributed by atoms with Gasteiger partial charge in [-0.2, -0.15) is 0 Å². The molecule has 1 aliphatic heterocycles. The van der Waals surface area contributed by atoms with Gasteiger partial charge >= 0.3 is 0 Å². The third-order valence-electron chi connectivity index (χ3n) is 4.18. The van der Waals surface area contributed by atoms with Crippen molar-refractivity contribution in [2.75, 3.05) is 6.79 Å². The fourth-order valence-corrected chi connectivity index (χ4v) is 2.79. The lowest BCUT2D eigenvalue weighted by Gasteiger charge is -2.30. The van der Waals surface area contributed by atoms with E-state index >= 15 is 0 Å². The minimum absolute atomic E-state index is 0.175. The molecule has 4 heteroatoms. The topological polar surface area (TPSA) is 52.6 Å². The fourth-order valence-electron chi connectivity index (χ4n) is 2.79. The summed E-state index contributed by atoms with van der Waals surface area (Å²) in [5.74, 6) is 0.661. The molecular weight excluding hydrogens is 280 g/mol. The minimum atomic E-state index is -0.934. The third kappa shape index (κ3) is 2.26. The van der Waals surface area contributed by atoms with Crippen LogP contribution in [0.4, 0.5) is 0 Å². The van der Waals surface area contributed by atoms with Crippen LogP contribution in [0.15, 0.2) is 48.5 Å². The molecule has 2 atom stereocenters. The molecule has 1 heterocycles. The van der Waals surface area contributed by atoms with E-state index in [4.69, 9.17) is 9.47 Å². The number of rotatable bonds is 5. The predicted octanol–water partition coefficient (Wildman–Crippen LogP) is 2.85. The number of ether oxygens (including phenoxy) is 2. The summed E-state index contributed by atoms with van der Waals surface area (Å²) in [5.41, 5.74) is 0.606. The van der Waals surface area contributed by atoms with Gasteiger partial charge in [-0.05, 0) is 30.2 Å². The number of carbonyl (C=O) groups excluding carboxylic acids is 2. The maximum absolute atomic E-state index is 11.8. The van der Waals surface area contributed by atoms with Crippen molar-refractivity contribution in [3.05, 3.63) is 59.7 Å². The molecule has 0 N–H and O–H groups in total. The van der Waals surface area contributed by atoms with Crippen LogP contribution in [0.25, 0.3) is 0 Å². The summed E-state index contributed by atoms with van der Waals surface area (Å²) in [6.07, 6.45) is 1.66. The first-order valence-electron chi connectivity index (χ1n) is 7.06. The summed E-state index contributed by atoms with van der Waals surface area (Å²) in [5, 5.41) is 0. The third-order valence-corrected chi connectivity index (χ3v) is 4.18. The van der Waals surface area contributed by atoms with Crippen LogP contribution in [0.3, 0.4) is 0 Å². The van der Waals surface area contributed by atoms with E-state index in [0.29, 0.717) is 11.5 Å². The van der Waals surface area contributed by atoms with E-state index in [9.17, 15) is 9.59 Å². The van der Waals surface area contributed by atoms with Crippen molar-refractivity contribution in [2.24, 2.45) is 0 Å². The molecule has 2 aromatic carbocycles. The van der Waals surface area contributed by atoms with Gasteiger partial charge in [-0.15, -0.1) is 0 Å². The summed E-state index contributed by atoms with van der Waals surface area (Å²) in [4.78, 5) is 23.6. The predicted molar refractivity (Wildman–Crippen MR) is 81.2 cm³/mol. The van der Waals surface area contributed by atoms with Crippen molar-refractivity contribution in [3.63, 3.8) is 0 Å². The van der Waals surface area contributed by atoms with Gasteiger partial charge in [0.2, 0.25) is 6.79 Å². The van der Waals surface area contributed by atoms with E-state index < -0.39 is 11.3 Å². The Morgan fingerprint density at radius 1 is 1.05 bits per heavy atom. The number of carbonyl (C=O) groups is 2. The molecule has 22 heavy (non-hydrogen) atoms. The van der Waals surface area contributed by atoms with E-state index in [1.54, 1.807) is 25.1 Å². The maximum Gasteiger partial charge on any atom is 0.231 e. The maximum atomic E-state index is 11.8. The van der Waals surface area contributed by atoms with E-state index in [-0.39, 0.29) is 6.79 Å². The normalized spacial score (nSPS) is 16.6. The number of aldehydes is 2. The highest BCUT2D eigenvalue weighted by atomic mass is 16.7. The summed E-state index contributed by atoms with van der Waals surface area (Å²) in [7, 11) is 0. The van der Waals surface area contributed by atoms with Crippen molar-refractivity contribution < 1.29 is 19.1 Å². The van der Waals surface area contributed by atoms with Crippen LogP contribution in [0.5, 0.6) is 11.5 Å². The lowest BCUT2D eigenvalue weighted by Crippen LogP contribution is -2.33. The Morgan fingerprint density at radius 2 is 1.77 bits per heavy atom. The molecule has 0 fully saturated rings. The summed E-state index contributed by atoms with van der Waals surface area (Å²) in [6, 6.07) is 14.7. The van der Waals surface area contributed by atoms with Gasteiger partial charge in [0.05, 0.1) is 11.3 Å². The number of fused-ring (bicyclic) bond motifs is 1. The van der Waals surface area contributed by atoms with Gasteiger partial charge in [0, 0.05) is 0 Å². The van der Waals surface area contributed by atoms with Gasteiger partial charge in [0.25, 0.3) is 0 Å². The Bertz CT molecular complexity index is 695. The summed E-state index contributed by atoms with van der Waals surface area (Å²) in [6.45, 7) is 1.95. The minimum Gasteiger partial charge on any atom is -0.454 e. The largest absolute Gasteiger partial charge is 0.454 e. The Balaban J connectivity index is 2.06. The standard InChI is InChI=1S/C18H16O4/c1-18(11-20,14-5-3-2-4-6-14)15(10-19)13-7-8-16-17(9-13)22-12-21-16/h2-11,15H,12H2,1H3. The van der Waals surface area contributed by atoms with Crippen molar-refractivity contribution in [1.82, 2.24) is 0 Å². The second kappa shape index (κ2) is 5.64. The molecule has 0 radical (unpaired) electrons. The average molecular weight is 296 g/mol. The molecule has 112 valence electrons. The van der Waals surface area contributed by atoms with Crippen molar-refractivity contribution >= 4 is 12.6 Å². The smallest absolute Gasteiger partial charge is 0.231 e. The van der Waals surface area contributed by atoms with Gasteiger partial charge in [0.1, 0.15) is 12.6 Å². The molecule has 0 saturated carbocycles. The van der Waals surface area contributed by atoms with Crippen LogP contribution in [-0.2, 0) is 15.0 Å². The van der Waals surface area contributed by atoms with Crippen LogP contribution in [0, 0.1) is 0 Å². The Kier molecular flexibility index (Phi) is 3.67. The molecular formula is C18H16O4. The van der Waals surface area contributed by atoms with Crippen LogP contribution >= 0.6 is 0 Å². The Labute approximate surface area is 128 Å². The first kappa shape index (κ1) is 14.3. The number of hydrogen-bond acceptors (Lipinski definition) is 4. The SMILES string of the molecule is CC(C=O)(c1ccccc1)C(C=O)c1ccc2c(c1)OCO2. The molecule has 4 nitrogen and oxygen atoms in total. The van der Waals surface area contributed by atoms with Gasteiger partial charge < -0.3 is 19.1 Å². The lowest BCUT2D eigenvalue weighted by molar-refractivity contribution is -0.118. The molecule has 0 aliphatic carbocycles. The van der Waals surface area contributed by atoms with E-state index in [0.717, 1.165) is 23.7 Å². The summed E-state index contributed by atoms with van der Waals surface area (Å²) >= 11 is 0. The molecule has 0 saturated heterocycles. The van der Waals surface area contributed by atoms with Crippen LogP contribution in [-0.4, -0.2) is 19.4 Å². The molecule has 0 spiro atoms. The van der Waals surface area contributed by atoms with Crippen LogP contribution in [0.2, 0.25) is 0 Å². The average Bonchev–Trinajstić information content (AvgIpc) is 3.04. The van der Waals surface area contributed by atoms with Crippen molar-refractivity contribution in [1.29, 1.82) is 0 Å². The lowest BCUT2D eigenvalue weighted by atomic mass is 9.70.